The van der Waals surface area contributed by atoms with Gasteiger partial charge in [-0.05, 0) is 34.5 Å². The Morgan fingerprint density at radius 3 is 2.58 bits per heavy atom. The van der Waals surface area contributed by atoms with Gasteiger partial charge in [0.15, 0.2) is 0 Å². The summed E-state index contributed by atoms with van der Waals surface area (Å²) in [7, 11) is -3.58. The number of rotatable bonds is 7. The maximum atomic E-state index is 12.0. The highest BCUT2D eigenvalue weighted by atomic mass is 79.9. The topological polar surface area (TPSA) is 75.3 Å². The third kappa shape index (κ3) is 5.30. The summed E-state index contributed by atoms with van der Waals surface area (Å²) in [5, 5.41) is 2.69. The molecule has 0 radical (unpaired) electrons. The average Bonchev–Trinajstić information content (AvgIpc) is 2.36. The number of amides is 1. The van der Waals surface area contributed by atoms with E-state index in [9.17, 15) is 13.2 Å². The quantitative estimate of drug-likeness (QED) is 0.786. The Morgan fingerprint density at radius 1 is 1.26 bits per heavy atom. The van der Waals surface area contributed by atoms with E-state index >= 15 is 0 Å². The van der Waals surface area contributed by atoms with E-state index in [0.29, 0.717) is 11.0 Å². The minimum atomic E-state index is -3.58. The molecule has 1 aromatic carbocycles. The number of sulfonamides is 1. The van der Waals surface area contributed by atoms with Gasteiger partial charge in [-0.1, -0.05) is 19.1 Å². The fourth-order valence-electron chi connectivity index (χ4n) is 1.39. The van der Waals surface area contributed by atoms with E-state index in [1.54, 1.807) is 18.2 Å². The molecule has 0 fully saturated rings. The van der Waals surface area contributed by atoms with Crippen LogP contribution in [0.1, 0.15) is 19.8 Å². The number of hydrogen-bond acceptors (Lipinski definition) is 3. The lowest BCUT2D eigenvalue weighted by molar-refractivity contribution is -0.120. The van der Waals surface area contributed by atoms with Crippen LogP contribution < -0.4 is 10.0 Å². The summed E-state index contributed by atoms with van der Waals surface area (Å²) in [4.78, 5) is 11.5. The molecule has 7 heteroatoms. The Hall–Kier alpha value is -0.920. The smallest absolute Gasteiger partial charge is 0.241 e. The van der Waals surface area contributed by atoms with Gasteiger partial charge >= 0.3 is 0 Å². The molecule has 0 aliphatic carbocycles. The van der Waals surface area contributed by atoms with Crippen molar-refractivity contribution in [1.29, 1.82) is 0 Å². The summed E-state index contributed by atoms with van der Waals surface area (Å²) < 4.78 is 26.9. The molecule has 0 unspecified atom stereocenters. The van der Waals surface area contributed by atoms with Crippen LogP contribution in [0.15, 0.2) is 33.6 Å². The van der Waals surface area contributed by atoms with Crippen molar-refractivity contribution in [3.63, 3.8) is 0 Å². The lowest BCUT2D eigenvalue weighted by atomic mass is 10.4. The van der Waals surface area contributed by atoms with Gasteiger partial charge < -0.3 is 5.32 Å². The maximum Gasteiger partial charge on any atom is 0.241 e. The summed E-state index contributed by atoms with van der Waals surface area (Å²) in [6.07, 6.45) is 0.984. The molecule has 5 nitrogen and oxygen atoms in total. The van der Waals surface area contributed by atoms with E-state index in [1.165, 1.54) is 6.07 Å². The fraction of sp³-hybridized carbons (Fsp3) is 0.417. The monoisotopic (exact) mass is 348 g/mol. The number of benzene rings is 1. The molecule has 2 N–H and O–H groups in total. The lowest BCUT2D eigenvalue weighted by Crippen LogP contribution is -2.31. The summed E-state index contributed by atoms with van der Waals surface area (Å²) in [5.41, 5.74) is 0. The zero-order chi connectivity index (χ0) is 14.3. The Morgan fingerprint density at radius 2 is 1.95 bits per heavy atom. The molecule has 0 bridgehead atoms. The lowest BCUT2D eigenvalue weighted by Gasteiger charge is -2.08. The molecule has 1 amide bonds. The van der Waals surface area contributed by atoms with Crippen LogP contribution in [-0.2, 0) is 14.8 Å². The maximum absolute atomic E-state index is 12.0. The Balaban J connectivity index is 2.53. The van der Waals surface area contributed by atoms with Gasteiger partial charge in [0.25, 0.3) is 0 Å². The highest BCUT2D eigenvalue weighted by molar-refractivity contribution is 9.10. The molecule has 1 rings (SSSR count). The van der Waals surface area contributed by atoms with Crippen molar-refractivity contribution in [2.24, 2.45) is 0 Å². The first-order valence-electron chi connectivity index (χ1n) is 5.98. The van der Waals surface area contributed by atoms with Crippen LogP contribution in [0.5, 0.6) is 0 Å². The molecule has 19 heavy (non-hydrogen) atoms. The zero-order valence-electron chi connectivity index (χ0n) is 10.6. The average molecular weight is 349 g/mol. The molecule has 0 spiro atoms. The Kier molecular flexibility index (Phi) is 6.47. The van der Waals surface area contributed by atoms with E-state index in [4.69, 9.17) is 0 Å². The second-order valence-corrected chi connectivity index (χ2v) is 6.52. The highest BCUT2D eigenvalue weighted by Gasteiger charge is 2.16. The zero-order valence-corrected chi connectivity index (χ0v) is 13.1. The molecule has 0 saturated heterocycles. The van der Waals surface area contributed by atoms with Gasteiger partial charge in [0.05, 0.1) is 4.90 Å². The fourth-order valence-corrected chi connectivity index (χ4v) is 3.43. The summed E-state index contributed by atoms with van der Waals surface area (Å²) in [6.45, 7) is 2.64. The first kappa shape index (κ1) is 16.1. The summed E-state index contributed by atoms with van der Waals surface area (Å²) in [5.74, 6) is -0.156. The van der Waals surface area contributed by atoms with Crippen molar-refractivity contribution in [2.45, 2.75) is 24.7 Å². The standard InChI is InChI=1S/C12H17BrN2O3S/c1-2-8-14-12(16)7-9-15-19(17,18)11-6-4-3-5-10(11)13/h3-6,15H,2,7-9H2,1H3,(H,14,16). The third-order valence-electron chi connectivity index (χ3n) is 2.34. The second-order valence-electron chi connectivity index (χ2n) is 3.93. The summed E-state index contributed by atoms with van der Waals surface area (Å²) >= 11 is 3.19. The van der Waals surface area contributed by atoms with Crippen molar-refractivity contribution in [1.82, 2.24) is 10.0 Å². The van der Waals surface area contributed by atoms with E-state index in [0.717, 1.165) is 6.42 Å². The van der Waals surface area contributed by atoms with Crippen molar-refractivity contribution in [3.8, 4) is 0 Å². The van der Waals surface area contributed by atoms with Crippen LogP contribution in [0.3, 0.4) is 0 Å². The van der Waals surface area contributed by atoms with Crippen molar-refractivity contribution < 1.29 is 13.2 Å². The molecule has 106 valence electrons. The minimum absolute atomic E-state index is 0.0826. The molecule has 0 heterocycles. The van der Waals surface area contributed by atoms with Gasteiger partial charge in [-0.3, -0.25) is 4.79 Å². The molecule has 0 atom stereocenters. The van der Waals surface area contributed by atoms with Crippen LogP contribution in [0.2, 0.25) is 0 Å². The number of carbonyl (C=O) groups excluding carboxylic acids is 1. The van der Waals surface area contributed by atoms with Crippen LogP contribution in [0.4, 0.5) is 0 Å². The first-order valence-corrected chi connectivity index (χ1v) is 8.26. The van der Waals surface area contributed by atoms with Crippen LogP contribution in [-0.4, -0.2) is 27.4 Å². The van der Waals surface area contributed by atoms with Crippen LogP contribution >= 0.6 is 15.9 Å². The highest BCUT2D eigenvalue weighted by Crippen LogP contribution is 2.20. The number of nitrogens with one attached hydrogen (secondary N) is 2. The van der Waals surface area contributed by atoms with Gasteiger partial charge in [-0.25, -0.2) is 13.1 Å². The van der Waals surface area contributed by atoms with Crippen molar-refractivity contribution in [2.75, 3.05) is 13.1 Å². The van der Waals surface area contributed by atoms with E-state index in [-0.39, 0.29) is 23.8 Å². The molecule has 0 aliphatic heterocycles. The van der Waals surface area contributed by atoms with Crippen LogP contribution in [0, 0.1) is 0 Å². The third-order valence-corrected chi connectivity index (χ3v) is 4.82. The van der Waals surface area contributed by atoms with E-state index < -0.39 is 10.0 Å². The molecular formula is C12H17BrN2O3S. The normalized spacial score (nSPS) is 11.3. The predicted molar refractivity (Wildman–Crippen MR) is 77.2 cm³/mol. The predicted octanol–water partition coefficient (Wildman–Crippen LogP) is 1.64. The van der Waals surface area contributed by atoms with Crippen molar-refractivity contribution in [3.05, 3.63) is 28.7 Å². The number of halogens is 1. The molecule has 1 aromatic rings. The molecule has 0 saturated carbocycles. The number of hydrogen-bond donors (Lipinski definition) is 2. The van der Waals surface area contributed by atoms with E-state index in [2.05, 4.69) is 26.0 Å². The number of carbonyl (C=O) groups is 1. The van der Waals surface area contributed by atoms with Crippen molar-refractivity contribution >= 4 is 31.9 Å². The van der Waals surface area contributed by atoms with Gasteiger partial charge in [-0.2, -0.15) is 0 Å². The molecule has 0 aromatic heterocycles. The van der Waals surface area contributed by atoms with Gasteiger partial charge in [0.2, 0.25) is 15.9 Å². The van der Waals surface area contributed by atoms with E-state index in [1.807, 2.05) is 6.92 Å². The van der Waals surface area contributed by atoms with Gasteiger partial charge in [-0.15, -0.1) is 0 Å². The molecule has 0 aliphatic rings. The van der Waals surface area contributed by atoms with Crippen LogP contribution in [0.25, 0.3) is 0 Å². The van der Waals surface area contributed by atoms with Gasteiger partial charge in [0, 0.05) is 24.0 Å². The Labute approximate surface area is 122 Å². The first-order chi connectivity index (χ1) is 8.97. The van der Waals surface area contributed by atoms with Gasteiger partial charge in [0.1, 0.15) is 0 Å². The SMILES string of the molecule is CCCNC(=O)CCNS(=O)(=O)c1ccccc1Br. The second kappa shape index (κ2) is 7.62. The largest absolute Gasteiger partial charge is 0.356 e. The summed E-state index contributed by atoms with van der Waals surface area (Å²) in [6, 6.07) is 6.54. The Bertz CT molecular complexity index is 532. The minimum Gasteiger partial charge on any atom is -0.356 e. The molecular weight excluding hydrogens is 332 g/mol.